The van der Waals surface area contributed by atoms with Crippen LogP contribution in [0.1, 0.15) is 78.1 Å². The number of carbonyl (C=O) groups excluding carboxylic acids is 2. The van der Waals surface area contributed by atoms with E-state index < -0.39 is 0 Å². The van der Waals surface area contributed by atoms with Crippen LogP contribution >= 0.6 is 11.3 Å². The van der Waals surface area contributed by atoms with Gasteiger partial charge in [0.15, 0.2) is 0 Å². The zero-order valence-electron chi connectivity index (χ0n) is 17.8. The predicted molar refractivity (Wildman–Crippen MR) is 119 cm³/mol. The van der Waals surface area contributed by atoms with Gasteiger partial charge in [-0.3, -0.25) is 4.79 Å². The number of unbranched alkanes of at least 4 members (excludes halogenated alkanes) is 1. The molecule has 1 atom stereocenters. The van der Waals surface area contributed by atoms with Crippen LogP contribution in [0.4, 0.5) is 5.69 Å². The normalized spacial score (nSPS) is 16.2. The fraction of sp³-hybridized carbons (Fsp3) is 0.500. The highest BCUT2D eigenvalue weighted by Crippen LogP contribution is 2.40. The molecule has 2 aromatic rings. The van der Waals surface area contributed by atoms with Gasteiger partial charge in [0, 0.05) is 15.9 Å². The molecule has 4 nitrogen and oxygen atoms in total. The van der Waals surface area contributed by atoms with Gasteiger partial charge in [0.1, 0.15) is 0 Å². The van der Waals surface area contributed by atoms with Crippen molar-refractivity contribution in [3.05, 3.63) is 51.2 Å². The Bertz CT molecular complexity index is 878. The summed E-state index contributed by atoms with van der Waals surface area (Å²) in [6, 6.07) is 6.96. The lowest BCUT2D eigenvalue weighted by molar-refractivity contribution is 0.0499. The molecule has 0 spiro atoms. The lowest BCUT2D eigenvalue weighted by Crippen LogP contribution is -2.27. The first-order valence-electron chi connectivity index (χ1n) is 10.5. The molecule has 1 aliphatic carbocycles. The molecule has 0 radical (unpaired) electrons. The smallest absolute Gasteiger partial charge is 0.338 e. The quantitative estimate of drug-likeness (QED) is 0.459. The Morgan fingerprint density at radius 2 is 2.07 bits per heavy atom. The van der Waals surface area contributed by atoms with E-state index in [1.807, 2.05) is 5.38 Å². The molecular formula is C24H31NO3S. The molecule has 0 aliphatic heterocycles. The van der Waals surface area contributed by atoms with E-state index in [1.54, 1.807) is 35.6 Å². The van der Waals surface area contributed by atoms with Crippen LogP contribution in [-0.4, -0.2) is 18.5 Å². The molecule has 0 saturated carbocycles. The number of rotatable bonds is 6. The van der Waals surface area contributed by atoms with Crippen molar-refractivity contribution in [3.8, 4) is 0 Å². The largest absolute Gasteiger partial charge is 0.462 e. The summed E-state index contributed by atoms with van der Waals surface area (Å²) < 4.78 is 5.26. The number of carbonyl (C=O) groups is 2. The van der Waals surface area contributed by atoms with E-state index >= 15 is 0 Å². The highest BCUT2D eigenvalue weighted by Gasteiger charge is 2.31. The molecule has 156 valence electrons. The molecule has 1 aliphatic rings. The third kappa shape index (κ3) is 5.27. The first-order chi connectivity index (χ1) is 13.8. The highest BCUT2D eigenvalue weighted by molar-refractivity contribution is 7.10. The van der Waals surface area contributed by atoms with Gasteiger partial charge in [0.25, 0.3) is 5.91 Å². The zero-order chi connectivity index (χ0) is 21.0. The lowest BCUT2D eigenvalue weighted by Gasteiger charge is -2.34. The Kier molecular flexibility index (Phi) is 6.78. The number of amides is 1. The summed E-state index contributed by atoms with van der Waals surface area (Å²) >= 11 is 1.70. The van der Waals surface area contributed by atoms with Gasteiger partial charge in [0.05, 0.1) is 17.7 Å². The van der Waals surface area contributed by atoms with E-state index in [-0.39, 0.29) is 17.3 Å². The first kappa shape index (κ1) is 21.6. The van der Waals surface area contributed by atoms with Gasteiger partial charge in [-0.15, -0.1) is 11.3 Å². The second kappa shape index (κ2) is 9.12. The molecule has 1 aromatic heterocycles. The van der Waals surface area contributed by atoms with Crippen molar-refractivity contribution in [3.63, 3.8) is 0 Å². The van der Waals surface area contributed by atoms with Crippen LogP contribution in [0.2, 0.25) is 0 Å². The van der Waals surface area contributed by atoms with Crippen LogP contribution in [0.15, 0.2) is 29.6 Å². The van der Waals surface area contributed by atoms with Crippen molar-refractivity contribution in [2.75, 3.05) is 11.9 Å². The molecule has 1 amide bonds. The Hall–Kier alpha value is -2.14. The van der Waals surface area contributed by atoms with Crippen LogP contribution in [0, 0.1) is 11.3 Å². The molecule has 0 fully saturated rings. The van der Waals surface area contributed by atoms with Crippen LogP contribution in [-0.2, 0) is 17.6 Å². The predicted octanol–water partition coefficient (Wildman–Crippen LogP) is 6.11. The Morgan fingerprint density at radius 3 is 2.79 bits per heavy atom. The maximum Gasteiger partial charge on any atom is 0.338 e. The van der Waals surface area contributed by atoms with Crippen molar-refractivity contribution < 1.29 is 14.3 Å². The molecular weight excluding hydrogens is 382 g/mol. The third-order valence-corrected chi connectivity index (χ3v) is 6.76. The van der Waals surface area contributed by atoms with Crippen LogP contribution in [0.25, 0.3) is 0 Å². The molecule has 0 saturated heterocycles. The summed E-state index contributed by atoms with van der Waals surface area (Å²) in [5.41, 5.74) is 3.33. The maximum atomic E-state index is 12.9. The van der Waals surface area contributed by atoms with Crippen molar-refractivity contribution in [1.29, 1.82) is 0 Å². The number of hydrogen-bond donors (Lipinski definition) is 1. The van der Waals surface area contributed by atoms with Crippen LogP contribution in [0.5, 0.6) is 0 Å². The average molecular weight is 414 g/mol. The molecule has 1 unspecified atom stereocenters. The fourth-order valence-corrected chi connectivity index (χ4v) is 4.92. The third-order valence-electron chi connectivity index (χ3n) is 5.71. The zero-order valence-corrected chi connectivity index (χ0v) is 18.7. The van der Waals surface area contributed by atoms with Gasteiger partial charge in [0.2, 0.25) is 0 Å². The average Bonchev–Trinajstić information content (AvgIpc) is 3.11. The summed E-state index contributed by atoms with van der Waals surface area (Å²) in [6.07, 6.45) is 4.95. The molecule has 3 rings (SSSR count). The molecule has 1 heterocycles. The van der Waals surface area contributed by atoms with Crippen molar-refractivity contribution in [1.82, 2.24) is 0 Å². The summed E-state index contributed by atoms with van der Waals surface area (Å²) in [5, 5.41) is 4.94. The Balaban J connectivity index is 1.68. The first-order valence-corrected chi connectivity index (χ1v) is 11.3. The topological polar surface area (TPSA) is 55.4 Å². The van der Waals surface area contributed by atoms with Gasteiger partial charge in [-0.2, -0.15) is 0 Å². The number of anilines is 1. The lowest BCUT2D eigenvalue weighted by atomic mass is 9.72. The van der Waals surface area contributed by atoms with Gasteiger partial charge < -0.3 is 10.1 Å². The van der Waals surface area contributed by atoms with E-state index in [2.05, 4.69) is 33.0 Å². The van der Waals surface area contributed by atoms with Crippen molar-refractivity contribution in [2.24, 2.45) is 11.3 Å². The highest BCUT2D eigenvalue weighted by atomic mass is 32.1. The number of thiophene rings is 1. The number of nitrogens with one attached hydrogen (secondary N) is 1. The van der Waals surface area contributed by atoms with Crippen LogP contribution in [0.3, 0.4) is 0 Å². The minimum atomic E-state index is -0.351. The van der Waals surface area contributed by atoms with E-state index in [1.165, 1.54) is 10.4 Å². The standard InChI is InChI=1S/C24H31NO3S/c1-5-6-12-28-23(27)16-8-7-9-18(13-16)25-22(26)20-15-29-21-14-17(24(2,3)4)10-11-19(20)21/h7-9,13,15,17H,5-6,10-12,14H2,1-4H3,(H,25,26). The monoisotopic (exact) mass is 413 g/mol. The summed E-state index contributed by atoms with van der Waals surface area (Å²) in [4.78, 5) is 26.4. The number of ether oxygens (including phenoxy) is 1. The number of hydrogen-bond acceptors (Lipinski definition) is 4. The van der Waals surface area contributed by atoms with E-state index in [4.69, 9.17) is 4.74 Å². The Labute approximate surface area is 177 Å². The van der Waals surface area contributed by atoms with E-state index in [0.717, 1.165) is 37.7 Å². The summed E-state index contributed by atoms with van der Waals surface area (Å²) in [7, 11) is 0. The second-order valence-electron chi connectivity index (χ2n) is 8.88. The fourth-order valence-electron chi connectivity index (χ4n) is 3.76. The molecule has 0 bridgehead atoms. The SMILES string of the molecule is CCCCOC(=O)c1cccc(NC(=O)c2csc3c2CCC(C(C)(C)C)C3)c1. The van der Waals surface area contributed by atoms with Gasteiger partial charge in [-0.05, 0) is 60.8 Å². The minimum absolute atomic E-state index is 0.104. The van der Waals surface area contributed by atoms with E-state index in [9.17, 15) is 9.59 Å². The summed E-state index contributed by atoms with van der Waals surface area (Å²) in [6.45, 7) is 9.36. The number of benzene rings is 1. The molecule has 29 heavy (non-hydrogen) atoms. The Morgan fingerprint density at radius 1 is 1.28 bits per heavy atom. The maximum absolute atomic E-state index is 12.9. The van der Waals surface area contributed by atoms with Crippen molar-refractivity contribution in [2.45, 2.75) is 59.8 Å². The second-order valence-corrected chi connectivity index (χ2v) is 9.85. The van der Waals surface area contributed by atoms with Crippen molar-refractivity contribution >= 4 is 28.9 Å². The molecule has 1 aromatic carbocycles. The van der Waals surface area contributed by atoms with Gasteiger partial charge in [-0.25, -0.2) is 4.79 Å². The minimum Gasteiger partial charge on any atom is -0.462 e. The molecule has 1 N–H and O–H groups in total. The van der Waals surface area contributed by atoms with E-state index in [0.29, 0.717) is 23.8 Å². The number of fused-ring (bicyclic) bond motifs is 1. The summed E-state index contributed by atoms with van der Waals surface area (Å²) in [5.74, 6) is 0.198. The number of esters is 1. The van der Waals surface area contributed by atoms with Gasteiger partial charge >= 0.3 is 5.97 Å². The molecule has 5 heteroatoms. The van der Waals surface area contributed by atoms with Gasteiger partial charge in [-0.1, -0.05) is 40.2 Å². The van der Waals surface area contributed by atoms with Crippen LogP contribution < -0.4 is 5.32 Å².